The van der Waals surface area contributed by atoms with E-state index >= 15 is 0 Å². The van der Waals surface area contributed by atoms with E-state index in [2.05, 4.69) is 23.6 Å². The average Bonchev–Trinajstić information content (AvgIpc) is 2.25. The zero-order valence-corrected chi connectivity index (χ0v) is 12.5. The van der Waals surface area contributed by atoms with Gasteiger partial charge in [0, 0.05) is 26.2 Å². The van der Waals surface area contributed by atoms with Gasteiger partial charge in [-0.15, -0.1) is 0 Å². The minimum Gasteiger partial charge on any atom is -0.465 e. The lowest BCUT2D eigenvalue weighted by Gasteiger charge is -2.27. The maximum atomic E-state index is 11.5. The van der Waals surface area contributed by atoms with E-state index in [-0.39, 0.29) is 5.97 Å². The smallest absolute Gasteiger partial charge is 0.324 e. The fourth-order valence-electron chi connectivity index (χ4n) is 1.72. The van der Waals surface area contributed by atoms with Gasteiger partial charge in [0.2, 0.25) is 0 Å². The predicted octanol–water partition coefficient (Wildman–Crippen LogP) is 0.396. The summed E-state index contributed by atoms with van der Waals surface area (Å²) in [5.41, 5.74) is 5.86. The van der Waals surface area contributed by atoms with Gasteiger partial charge in [-0.2, -0.15) is 0 Å². The van der Waals surface area contributed by atoms with Crippen LogP contribution >= 0.6 is 0 Å². The third-order valence-electron chi connectivity index (χ3n) is 2.53. The molecule has 0 aliphatic rings. The van der Waals surface area contributed by atoms with E-state index in [1.807, 2.05) is 14.1 Å². The van der Waals surface area contributed by atoms with E-state index in [4.69, 9.17) is 10.5 Å². The molecule has 5 heteroatoms. The Labute approximate surface area is 111 Å². The van der Waals surface area contributed by atoms with Crippen molar-refractivity contribution >= 4 is 5.97 Å². The van der Waals surface area contributed by atoms with Crippen LogP contribution in [-0.4, -0.2) is 68.7 Å². The van der Waals surface area contributed by atoms with Crippen molar-refractivity contribution in [1.29, 1.82) is 0 Å². The molecule has 0 rings (SSSR count). The fraction of sp³-hybridized carbons (Fsp3) is 0.923. The van der Waals surface area contributed by atoms with Crippen LogP contribution in [0.5, 0.6) is 0 Å². The first kappa shape index (κ1) is 17.4. The molecule has 0 aromatic carbocycles. The molecule has 0 heterocycles. The van der Waals surface area contributed by atoms with Crippen LogP contribution in [0.3, 0.4) is 0 Å². The van der Waals surface area contributed by atoms with Crippen LogP contribution < -0.4 is 5.73 Å². The number of hydrogen-bond acceptors (Lipinski definition) is 5. The van der Waals surface area contributed by atoms with Gasteiger partial charge in [-0.3, -0.25) is 9.69 Å². The highest BCUT2D eigenvalue weighted by Gasteiger charge is 2.19. The standard InChI is InChI=1S/C13H29N3O2/c1-6-18-13(17)12(14)10-16(9-11(2)3)8-7-15(4)5/h11-12H,6-10,14H2,1-5H3. The predicted molar refractivity (Wildman–Crippen MR) is 74.4 cm³/mol. The zero-order valence-electron chi connectivity index (χ0n) is 12.5. The van der Waals surface area contributed by atoms with E-state index in [0.717, 1.165) is 19.6 Å². The minimum absolute atomic E-state index is 0.309. The van der Waals surface area contributed by atoms with Gasteiger partial charge in [0.15, 0.2) is 0 Å². The van der Waals surface area contributed by atoms with E-state index in [1.165, 1.54) is 0 Å². The van der Waals surface area contributed by atoms with Crippen LogP contribution in [-0.2, 0) is 9.53 Å². The molecule has 18 heavy (non-hydrogen) atoms. The van der Waals surface area contributed by atoms with Crippen LogP contribution in [0.1, 0.15) is 20.8 Å². The number of esters is 1. The molecule has 0 saturated heterocycles. The summed E-state index contributed by atoms with van der Waals surface area (Å²) in [4.78, 5) is 15.9. The molecule has 0 bridgehead atoms. The SMILES string of the molecule is CCOC(=O)C(N)CN(CCN(C)C)CC(C)C. The van der Waals surface area contributed by atoms with Crippen molar-refractivity contribution in [2.45, 2.75) is 26.8 Å². The topological polar surface area (TPSA) is 58.8 Å². The Balaban J connectivity index is 4.24. The van der Waals surface area contributed by atoms with Gasteiger partial charge in [0.05, 0.1) is 6.61 Å². The van der Waals surface area contributed by atoms with E-state index < -0.39 is 6.04 Å². The number of ether oxygens (including phenoxy) is 1. The molecule has 2 N–H and O–H groups in total. The van der Waals surface area contributed by atoms with Crippen molar-refractivity contribution in [1.82, 2.24) is 9.80 Å². The first-order valence-electron chi connectivity index (χ1n) is 6.66. The van der Waals surface area contributed by atoms with Crippen LogP contribution in [0.15, 0.2) is 0 Å². The molecule has 0 radical (unpaired) electrons. The van der Waals surface area contributed by atoms with Gasteiger partial charge in [0.1, 0.15) is 6.04 Å². The van der Waals surface area contributed by atoms with Crippen LogP contribution in [0.4, 0.5) is 0 Å². The number of carbonyl (C=O) groups is 1. The van der Waals surface area contributed by atoms with Crippen molar-refractivity contribution in [3.63, 3.8) is 0 Å². The summed E-state index contributed by atoms with van der Waals surface area (Å²) in [5.74, 6) is 0.248. The Hall–Kier alpha value is -0.650. The Morgan fingerprint density at radius 1 is 1.22 bits per heavy atom. The van der Waals surface area contributed by atoms with Crippen molar-refractivity contribution < 1.29 is 9.53 Å². The fourth-order valence-corrected chi connectivity index (χ4v) is 1.72. The van der Waals surface area contributed by atoms with Gasteiger partial charge in [-0.1, -0.05) is 13.8 Å². The highest BCUT2D eigenvalue weighted by Crippen LogP contribution is 2.01. The summed E-state index contributed by atoms with van der Waals surface area (Å²) in [6.07, 6.45) is 0. The quantitative estimate of drug-likeness (QED) is 0.607. The Morgan fingerprint density at radius 3 is 2.28 bits per heavy atom. The lowest BCUT2D eigenvalue weighted by Crippen LogP contribution is -2.46. The molecule has 1 atom stereocenters. The molecule has 0 aliphatic heterocycles. The van der Waals surface area contributed by atoms with E-state index in [9.17, 15) is 4.79 Å². The van der Waals surface area contributed by atoms with E-state index in [1.54, 1.807) is 6.92 Å². The number of nitrogens with two attached hydrogens (primary N) is 1. The summed E-state index contributed by atoms with van der Waals surface area (Å²) in [6, 6.07) is -0.550. The van der Waals surface area contributed by atoms with Crippen molar-refractivity contribution in [3.05, 3.63) is 0 Å². The number of likely N-dealkylation sites (N-methyl/N-ethyl adjacent to an activating group) is 1. The number of hydrogen-bond donors (Lipinski definition) is 1. The maximum absolute atomic E-state index is 11.5. The molecule has 0 aliphatic carbocycles. The highest BCUT2D eigenvalue weighted by atomic mass is 16.5. The number of nitrogens with zero attached hydrogens (tertiary/aromatic N) is 2. The summed E-state index contributed by atoms with van der Waals surface area (Å²) >= 11 is 0. The van der Waals surface area contributed by atoms with Crippen LogP contribution in [0.25, 0.3) is 0 Å². The second kappa shape index (κ2) is 9.30. The molecule has 5 nitrogen and oxygen atoms in total. The van der Waals surface area contributed by atoms with Gasteiger partial charge >= 0.3 is 5.97 Å². The molecular weight excluding hydrogens is 230 g/mol. The molecule has 0 spiro atoms. The normalized spacial score (nSPS) is 13.4. The highest BCUT2D eigenvalue weighted by molar-refractivity contribution is 5.75. The lowest BCUT2D eigenvalue weighted by atomic mass is 10.2. The third-order valence-corrected chi connectivity index (χ3v) is 2.53. The molecule has 0 amide bonds. The van der Waals surface area contributed by atoms with Crippen molar-refractivity contribution in [2.75, 3.05) is 46.9 Å². The maximum Gasteiger partial charge on any atom is 0.324 e. The monoisotopic (exact) mass is 259 g/mol. The van der Waals surface area contributed by atoms with Crippen LogP contribution in [0.2, 0.25) is 0 Å². The Morgan fingerprint density at radius 2 is 1.83 bits per heavy atom. The molecule has 0 aromatic heterocycles. The summed E-state index contributed by atoms with van der Waals surface area (Å²) in [7, 11) is 4.08. The van der Waals surface area contributed by atoms with Gasteiger partial charge in [-0.05, 0) is 26.9 Å². The largest absolute Gasteiger partial charge is 0.465 e. The molecule has 1 unspecified atom stereocenters. The molecular formula is C13H29N3O2. The lowest BCUT2D eigenvalue weighted by molar-refractivity contribution is -0.145. The van der Waals surface area contributed by atoms with E-state index in [0.29, 0.717) is 19.1 Å². The van der Waals surface area contributed by atoms with Gasteiger partial charge < -0.3 is 15.4 Å². The summed E-state index contributed by atoms with van der Waals surface area (Å²) in [5, 5.41) is 0. The number of rotatable bonds is 9. The van der Waals surface area contributed by atoms with Crippen molar-refractivity contribution in [3.8, 4) is 0 Å². The van der Waals surface area contributed by atoms with Gasteiger partial charge in [-0.25, -0.2) is 0 Å². The summed E-state index contributed by atoms with van der Waals surface area (Å²) < 4.78 is 4.93. The average molecular weight is 259 g/mol. The molecule has 0 aromatic rings. The first-order chi connectivity index (χ1) is 8.36. The Bertz CT molecular complexity index is 232. The zero-order chi connectivity index (χ0) is 14.1. The minimum atomic E-state index is -0.550. The second-order valence-electron chi connectivity index (χ2n) is 5.32. The molecule has 0 saturated carbocycles. The first-order valence-corrected chi connectivity index (χ1v) is 6.66. The number of carbonyl (C=O) groups excluding carboxylic acids is 1. The van der Waals surface area contributed by atoms with Gasteiger partial charge in [0.25, 0.3) is 0 Å². The molecule has 108 valence electrons. The second-order valence-corrected chi connectivity index (χ2v) is 5.32. The molecule has 0 fully saturated rings. The third kappa shape index (κ3) is 8.44. The summed E-state index contributed by atoms with van der Waals surface area (Å²) in [6.45, 7) is 9.89. The van der Waals surface area contributed by atoms with Crippen molar-refractivity contribution in [2.24, 2.45) is 11.7 Å². The Kier molecular flexibility index (Phi) is 8.97. The van der Waals surface area contributed by atoms with Crippen LogP contribution in [0, 0.1) is 5.92 Å².